The van der Waals surface area contributed by atoms with Gasteiger partial charge in [0.15, 0.2) is 34.4 Å². The molecule has 0 spiro atoms. The van der Waals surface area contributed by atoms with Crippen LogP contribution in [0.5, 0.6) is 17.2 Å². The van der Waals surface area contributed by atoms with Crippen molar-refractivity contribution in [1.29, 1.82) is 0 Å². The van der Waals surface area contributed by atoms with E-state index in [9.17, 15) is 14.7 Å². The van der Waals surface area contributed by atoms with Gasteiger partial charge in [0.25, 0.3) is 5.91 Å². The first kappa shape index (κ1) is 22.3. The van der Waals surface area contributed by atoms with Gasteiger partial charge in [-0.05, 0) is 36.2 Å². The molecule has 1 aliphatic rings. The van der Waals surface area contributed by atoms with Crippen molar-refractivity contribution < 1.29 is 33.3 Å². The second-order valence-corrected chi connectivity index (χ2v) is 7.60. The summed E-state index contributed by atoms with van der Waals surface area (Å²) in [5, 5.41) is 11.4. The second kappa shape index (κ2) is 8.90. The number of benzene rings is 2. The topological polar surface area (TPSA) is 98.4 Å². The molecule has 0 bridgehead atoms. The minimum absolute atomic E-state index is 0.00711. The molecule has 1 unspecified atom stereocenters. The number of furan rings is 1. The lowest BCUT2D eigenvalue weighted by atomic mass is 9.94. The third kappa shape index (κ3) is 3.67. The van der Waals surface area contributed by atoms with Crippen molar-refractivity contribution in [2.75, 3.05) is 27.9 Å². The number of carbonyl (C=O) groups excluding carboxylic acids is 2. The largest absolute Gasteiger partial charge is 0.503 e. The molecule has 0 saturated carbocycles. The molecule has 1 N–H and O–H groups in total. The number of Topliss-reactive ketones (excluding diaryl/α,β-unsaturated/α-hetero) is 1. The van der Waals surface area contributed by atoms with E-state index in [-0.39, 0.29) is 11.3 Å². The Bertz CT molecular complexity index is 1260. The SMILES string of the molecule is CCCN1C(=O)C(O)=C(C(=O)c2cc3cccc(OC)c3o2)C1c1ccc(OC)c(OC)c1. The van der Waals surface area contributed by atoms with Crippen molar-refractivity contribution in [1.82, 2.24) is 4.90 Å². The fraction of sp³-hybridized carbons (Fsp3) is 0.280. The molecule has 8 heteroatoms. The number of aliphatic hydroxyl groups is 1. The summed E-state index contributed by atoms with van der Waals surface area (Å²) in [5.74, 6) is -0.306. The van der Waals surface area contributed by atoms with Crippen LogP contribution in [0.25, 0.3) is 11.0 Å². The predicted molar refractivity (Wildman–Crippen MR) is 121 cm³/mol. The van der Waals surface area contributed by atoms with Gasteiger partial charge in [-0.2, -0.15) is 0 Å². The summed E-state index contributed by atoms with van der Waals surface area (Å²) < 4.78 is 21.8. The summed E-state index contributed by atoms with van der Waals surface area (Å²) in [6, 6.07) is 11.2. The molecule has 4 rings (SSSR count). The van der Waals surface area contributed by atoms with E-state index in [2.05, 4.69) is 0 Å². The normalized spacial score (nSPS) is 15.9. The number of hydrogen-bond acceptors (Lipinski definition) is 7. The molecule has 2 heterocycles. The maximum absolute atomic E-state index is 13.6. The molecule has 8 nitrogen and oxygen atoms in total. The molecule has 172 valence electrons. The summed E-state index contributed by atoms with van der Waals surface area (Å²) in [6.45, 7) is 2.27. The number of nitrogens with zero attached hydrogens (tertiary/aromatic N) is 1. The minimum Gasteiger partial charge on any atom is -0.503 e. The lowest BCUT2D eigenvalue weighted by Crippen LogP contribution is -2.31. The molecular formula is C25H25NO7. The van der Waals surface area contributed by atoms with Gasteiger partial charge in [0.2, 0.25) is 5.78 Å². The van der Waals surface area contributed by atoms with Crippen LogP contribution in [0.2, 0.25) is 0 Å². The average molecular weight is 451 g/mol. The predicted octanol–water partition coefficient (Wildman–Crippen LogP) is 4.45. The van der Waals surface area contributed by atoms with Gasteiger partial charge < -0.3 is 28.6 Å². The van der Waals surface area contributed by atoms with Crippen LogP contribution in [-0.4, -0.2) is 49.6 Å². The van der Waals surface area contributed by atoms with Crippen LogP contribution in [0.15, 0.2) is 58.2 Å². The highest BCUT2D eigenvalue weighted by Gasteiger charge is 2.44. The van der Waals surface area contributed by atoms with Crippen molar-refractivity contribution in [3.05, 3.63) is 65.1 Å². The number of carbonyl (C=O) groups is 2. The Hall–Kier alpha value is -3.94. The lowest BCUT2D eigenvalue weighted by Gasteiger charge is -2.26. The van der Waals surface area contributed by atoms with E-state index in [1.807, 2.05) is 6.92 Å². The van der Waals surface area contributed by atoms with Gasteiger partial charge >= 0.3 is 0 Å². The van der Waals surface area contributed by atoms with Crippen LogP contribution in [0.1, 0.15) is 35.5 Å². The Labute approximate surface area is 191 Å². The van der Waals surface area contributed by atoms with Crippen molar-refractivity contribution in [2.24, 2.45) is 0 Å². The van der Waals surface area contributed by atoms with Gasteiger partial charge in [0.05, 0.1) is 32.9 Å². The first-order valence-corrected chi connectivity index (χ1v) is 10.5. The molecule has 1 aliphatic heterocycles. The Kier molecular flexibility index (Phi) is 6.00. The monoisotopic (exact) mass is 451 g/mol. The van der Waals surface area contributed by atoms with Crippen LogP contribution in [0, 0.1) is 0 Å². The van der Waals surface area contributed by atoms with Crippen LogP contribution >= 0.6 is 0 Å². The summed E-state index contributed by atoms with van der Waals surface area (Å²) in [7, 11) is 4.54. The highest BCUT2D eigenvalue weighted by atomic mass is 16.5. The number of methoxy groups -OCH3 is 3. The van der Waals surface area contributed by atoms with Gasteiger partial charge in [-0.1, -0.05) is 25.1 Å². The Morgan fingerprint density at radius 2 is 1.76 bits per heavy atom. The number of hydrogen-bond donors (Lipinski definition) is 1. The quantitative estimate of drug-likeness (QED) is 0.505. The second-order valence-electron chi connectivity index (χ2n) is 7.60. The molecule has 0 aliphatic carbocycles. The smallest absolute Gasteiger partial charge is 0.290 e. The fourth-order valence-electron chi connectivity index (χ4n) is 4.17. The van der Waals surface area contributed by atoms with E-state index in [0.717, 1.165) is 0 Å². The Morgan fingerprint density at radius 1 is 1.03 bits per heavy atom. The van der Waals surface area contributed by atoms with E-state index in [1.54, 1.807) is 42.5 Å². The molecule has 1 atom stereocenters. The highest BCUT2D eigenvalue weighted by molar-refractivity contribution is 6.16. The van der Waals surface area contributed by atoms with E-state index >= 15 is 0 Å². The third-order valence-electron chi connectivity index (χ3n) is 5.69. The van der Waals surface area contributed by atoms with Gasteiger partial charge in [-0.25, -0.2) is 0 Å². The van der Waals surface area contributed by atoms with Gasteiger partial charge in [-0.15, -0.1) is 0 Å². The zero-order chi connectivity index (χ0) is 23.7. The Balaban J connectivity index is 1.84. The summed E-state index contributed by atoms with van der Waals surface area (Å²) >= 11 is 0. The molecule has 0 saturated heterocycles. The number of para-hydroxylation sites is 1. The van der Waals surface area contributed by atoms with E-state index in [4.69, 9.17) is 18.6 Å². The maximum Gasteiger partial charge on any atom is 0.290 e. The van der Waals surface area contributed by atoms with Crippen molar-refractivity contribution in [3.63, 3.8) is 0 Å². The first-order chi connectivity index (χ1) is 15.9. The molecular weight excluding hydrogens is 426 g/mol. The fourth-order valence-corrected chi connectivity index (χ4v) is 4.17. The Morgan fingerprint density at radius 3 is 2.42 bits per heavy atom. The van der Waals surface area contributed by atoms with Crippen LogP contribution < -0.4 is 14.2 Å². The van der Waals surface area contributed by atoms with Gasteiger partial charge in [0, 0.05) is 11.9 Å². The number of fused-ring (bicyclic) bond motifs is 1. The molecule has 33 heavy (non-hydrogen) atoms. The molecule has 1 amide bonds. The molecule has 0 fully saturated rings. The number of amides is 1. The third-order valence-corrected chi connectivity index (χ3v) is 5.69. The van der Waals surface area contributed by atoms with Gasteiger partial charge in [0.1, 0.15) is 0 Å². The van der Waals surface area contributed by atoms with E-state index in [1.165, 1.54) is 26.2 Å². The zero-order valence-corrected chi connectivity index (χ0v) is 18.9. The van der Waals surface area contributed by atoms with Gasteiger partial charge in [-0.3, -0.25) is 9.59 Å². The first-order valence-electron chi connectivity index (χ1n) is 10.5. The van der Waals surface area contributed by atoms with Crippen LogP contribution in [0.4, 0.5) is 0 Å². The number of rotatable bonds is 8. The maximum atomic E-state index is 13.6. The van der Waals surface area contributed by atoms with Crippen LogP contribution in [0.3, 0.4) is 0 Å². The zero-order valence-electron chi connectivity index (χ0n) is 18.9. The average Bonchev–Trinajstić information content (AvgIpc) is 3.38. The molecule has 2 aromatic carbocycles. The van der Waals surface area contributed by atoms with Crippen molar-refractivity contribution in [3.8, 4) is 17.2 Å². The molecule has 3 aromatic rings. The molecule has 0 radical (unpaired) electrons. The van der Waals surface area contributed by atoms with Crippen molar-refractivity contribution >= 4 is 22.7 Å². The summed E-state index contributed by atoms with van der Waals surface area (Å²) in [4.78, 5) is 28.0. The van der Waals surface area contributed by atoms with Crippen molar-refractivity contribution in [2.45, 2.75) is 19.4 Å². The van der Waals surface area contributed by atoms with Crippen LogP contribution in [-0.2, 0) is 4.79 Å². The summed E-state index contributed by atoms with van der Waals surface area (Å²) in [6.07, 6.45) is 0.645. The van der Waals surface area contributed by atoms with E-state index in [0.29, 0.717) is 46.7 Å². The number of ether oxygens (including phenoxy) is 3. The molecule has 1 aromatic heterocycles. The number of ketones is 1. The standard InChI is InChI=1S/C25H25NO7/c1-5-11-26-21(14-9-10-16(30-2)18(12-14)32-4)20(23(28)25(26)29)22(27)19-13-15-7-6-8-17(31-3)24(15)33-19/h6-10,12-13,21,28H,5,11H2,1-4H3. The number of aliphatic hydroxyl groups excluding tert-OH is 1. The highest BCUT2D eigenvalue weighted by Crippen LogP contribution is 2.42. The summed E-state index contributed by atoms with van der Waals surface area (Å²) in [5.41, 5.74) is 0.982. The lowest BCUT2D eigenvalue weighted by molar-refractivity contribution is -0.129. The minimum atomic E-state index is -0.806. The van der Waals surface area contributed by atoms with E-state index < -0.39 is 23.5 Å².